The van der Waals surface area contributed by atoms with Crippen molar-refractivity contribution in [1.29, 1.82) is 0 Å². The van der Waals surface area contributed by atoms with Crippen LogP contribution >= 0.6 is 11.6 Å². The summed E-state index contributed by atoms with van der Waals surface area (Å²) in [6, 6.07) is 15.7. The number of carbonyl (C=O) groups is 1. The largest absolute Gasteiger partial charge is 0.494 e. The molecular formula is C29H35ClN2O6. The molecule has 3 aromatic rings. The van der Waals surface area contributed by atoms with Gasteiger partial charge in [0.25, 0.3) is 0 Å². The normalized spacial score (nSPS) is 14.6. The Morgan fingerprint density at radius 2 is 1.74 bits per heavy atom. The molecule has 1 aromatic heterocycles. The third-order valence-corrected chi connectivity index (χ3v) is 7.40. The lowest BCUT2D eigenvalue weighted by Gasteiger charge is -2.33. The highest BCUT2D eigenvalue weighted by atomic mass is 35.5. The molecule has 38 heavy (non-hydrogen) atoms. The Bertz CT molecular complexity index is 1190. The predicted molar refractivity (Wildman–Crippen MR) is 145 cm³/mol. The standard InChI is InChI=1S/C29H35ClN2O6/c1-37-26-16-21(6-11-25(26)38-15-14-32-27(33)12-13-28(32)34)19-31(18-20-4-2-3-5-20)24(17-29(35)36)22-7-9-23(30)10-8-22/h6-13,16,20,24,33-34H,2-5,14-15,17-19H2,1H3,(H,35,36). The molecular weight excluding hydrogens is 508 g/mol. The Balaban J connectivity index is 1.53. The SMILES string of the molecule is COc1cc(CN(CC2CCCC2)C(CC(=O)O)c2ccc(Cl)cc2)ccc1OCCn1c(O)ccc1O. The lowest BCUT2D eigenvalue weighted by Crippen LogP contribution is -2.34. The van der Waals surface area contributed by atoms with Gasteiger partial charge in [0.1, 0.15) is 6.61 Å². The fraction of sp³-hybridized carbons (Fsp3) is 0.414. The molecule has 1 aliphatic rings. The van der Waals surface area contributed by atoms with Crippen molar-refractivity contribution in [2.45, 2.75) is 51.2 Å². The zero-order valence-electron chi connectivity index (χ0n) is 21.6. The molecule has 1 atom stereocenters. The number of benzene rings is 2. The van der Waals surface area contributed by atoms with E-state index in [4.69, 9.17) is 21.1 Å². The van der Waals surface area contributed by atoms with Gasteiger partial charge < -0.3 is 24.8 Å². The van der Waals surface area contributed by atoms with E-state index >= 15 is 0 Å². The van der Waals surface area contributed by atoms with Crippen molar-refractivity contribution in [2.24, 2.45) is 5.92 Å². The Hall–Kier alpha value is -3.36. The molecule has 1 unspecified atom stereocenters. The van der Waals surface area contributed by atoms with Crippen LogP contribution in [0.25, 0.3) is 0 Å². The quantitative estimate of drug-likeness (QED) is 0.249. The lowest BCUT2D eigenvalue weighted by molar-refractivity contribution is -0.138. The van der Waals surface area contributed by atoms with E-state index in [9.17, 15) is 20.1 Å². The maximum absolute atomic E-state index is 11.9. The van der Waals surface area contributed by atoms with Crippen molar-refractivity contribution in [3.8, 4) is 23.3 Å². The monoisotopic (exact) mass is 542 g/mol. The summed E-state index contributed by atoms with van der Waals surface area (Å²) in [6.45, 7) is 1.85. The van der Waals surface area contributed by atoms with E-state index in [-0.39, 0.29) is 37.4 Å². The van der Waals surface area contributed by atoms with Crippen molar-refractivity contribution >= 4 is 17.6 Å². The van der Waals surface area contributed by atoms with Crippen LogP contribution in [0, 0.1) is 5.92 Å². The Kier molecular flexibility index (Phi) is 9.42. The molecule has 4 rings (SSSR count). The van der Waals surface area contributed by atoms with E-state index in [1.165, 1.54) is 29.5 Å². The Morgan fingerprint density at radius 3 is 2.37 bits per heavy atom. The van der Waals surface area contributed by atoms with Gasteiger partial charge in [0.15, 0.2) is 23.3 Å². The van der Waals surface area contributed by atoms with Gasteiger partial charge in [-0.3, -0.25) is 14.3 Å². The van der Waals surface area contributed by atoms with E-state index in [0.717, 1.165) is 30.5 Å². The van der Waals surface area contributed by atoms with Gasteiger partial charge in [0, 0.05) is 36.3 Å². The fourth-order valence-corrected chi connectivity index (χ4v) is 5.35. The minimum atomic E-state index is -0.845. The number of carboxylic acids is 1. The molecule has 0 aliphatic heterocycles. The molecule has 2 aromatic carbocycles. The number of methoxy groups -OCH3 is 1. The summed E-state index contributed by atoms with van der Waals surface area (Å²) in [5, 5.41) is 30.0. The molecule has 1 heterocycles. The number of ether oxygens (including phenoxy) is 2. The van der Waals surface area contributed by atoms with E-state index in [2.05, 4.69) is 4.90 Å². The number of halogens is 1. The van der Waals surface area contributed by atoms with E-state index in [1.54, 1.807) is 7.11 Å². The third-order valence-electron chi connectivity index (χ3n) is 7.15. The summed E-state index contributed by atoms with van der Waals surface area (Å²) in [4.78, 5) is 14.2. The molecule has 0 radical (unpaired) electrons. The van der Waals surface area contributed by atoms with Crippen LogP contribution in [0.3, 0.4) is 0 Å². The number of rotatable bonds is 13. The first kappa shape index (κ1) is 27.7. The first-order valence-corrected chi connectivity index (χ1v) is 13.3. The summed E-state index contributed by atoms with van der Waals surface area (Å²) in [5.74, 6) is 0.724. The van der Waals surface area contributed by atoms with Crippen molar-refractivity contribution < 1.29 is 29.6 Å². The second-order valence-electron chi connectivity index (χ2n) is 9.78. The van der Waals surface area contributed by atoms with Crippen LogP contribution in [0.2, 0.25) is 5.02 Å². The highest BCUT2D eigenvalue weighted by Gasteiger charge is 2.27. The van der Waals surface area contributed by atoms with Gasteiger partial charge in [-0.2, -0.15) is 0 Å². The molecule has 0 saturated heterocycles. The highest BCUT2D eigenvalue weighted by Crippen LogP contribution is 2.35. The van der Waals surface area contributed by atoms with Crippen LogP contribution in [0.5, 0.6) is 23.3 Å². The van der Waals surface area contributed by atoms with Crippen LogP contribution in [0.1, 0.15) is 49.3 Å². The third kappa shape index (κ3) is 7.14. The van der Waals surface area contributed by atoms with Gasteiger partial charge in [0.2, 0.25) is 0 Å². The molecule has 0 bridgehead atoms. The molecule has 0 spiro atoms. The van der Waals surface area contributed by atoms with Crippen LogP contribution < -0.4 is 9.47 Å². The van der Waals surface area contributed by atoms with Crippen LogP contribution in [-0.2, 0) is 17.9 Å². The molecule has 1 fully saturated rings. The molecule has 9 heteroatoms. The van der Waals surface area contributed by atoms with Gasteiger partial charge in [-0.15, -0.1) is 0 Å². The number of carboxylic acid groups (broad SMARTS) is 1. The maximum Gasteiger partial charge on any atom is 0.305 e. The summed E-state index contributed by atoms with van der Waals surface area (Å²) >= 11 is 6.12. The van der Waals surface area contributed by atoms with Crippen molar-refractivity contribution in [3.63, 3.8) is 0 Å². The zero-order chi connectivity index (χ0) is 27.1. The van der Waals surface area contributed by atoms with Gasteiger partial charge in [-0.05, 0) is 54.2 Å². The van der Waals surface area contributed by atoms with Crippen molar-refractivity contribution in [1.82, 2.24) is 9.47 Å². The number of aromatic nitrogens is 1. The van der Waals surface area contributed by atoms with E-state index in [0.29, 0.717) is 29.0 Å². The van der Waals surface area contributed by atoms with E-state index in [1.807, 2.05) is 42.5 Å². The van der Waals surface area contributed by atoms with Gasteiger partial charge >= 0.3 is 5.97 Å². The number of aliphatic carboxylic acids is 1. The molecule has 1 saturated carbocycles. The maximum atomic E-state index is 11.9. The van der Waals surface area contributed by atoms with Gasteiger partial charge in [-0.25, -0.2) is 0 Å². The van der Waals surface area contributed by atoms with Gasteiger partial charge in [-0.1, -0.05) is 42.6 Å². The summed E-state index contributed by atoms with van der Waals surface area (Å²) in [6.07, 6.45) is 4.72. The van der Waals surface area contributed by atoms with Crippen molar-refractivity contribution in [2.75, 3.05) is 20.3 Å². The molecule has 8 nitrogen and oxygen atoms in total. The predicted octanol–water partition coefficient (Wildman–Crippen LogP) is 5.85. The first-order valence-electron chi connectivity index (χ1n) is 12.9. The molecule has 1 aliphatic carbocycles. The molecule has 0 amide bonds. The molecule has 3 N–H and O–H groups in total. The highest BCUT2D eigenvalue weighted by molar-refractivity contribution is 6.30. The zero-order valence-corrected chi connectivity index (χ0v) is 22.3. The summed E-state index contributed by atoms with van der Waals surface area (Å²) in [5.41, 5.74) is 1.91. The van der Waals surface area contributed by atoms with Gasteiger partial charge in [0.05, 0.1) is 20.1 Å². The molecule has 204 valence electrons. The van der Waals surface area contributed by atoms with Crippen LogP contribution in [0.4, 0.5) is 0 Å². The number of aromatic hydroxyl groups is 2. The average Bonchev–Trinajstić information content (AvgIpc) is 3.53. The number of nitrogens with zero attached hydrogens (tertiary/aromatic N) is 2. The van der Waals surface area contributed by atoms with E-state index < -0.39 is 5.97 Å². The number of hydrogen-bond acceptors (Lipinski definition) is 6. The van der Waals surface area contributed by atoms with Crippen LogP contribution in [-0.4, -0.2) is 51.0 Å². The summed E-state index contributed by atoms with van der Waals surface area (Å²) < 4.78 is 12.8. The average molecular weight is 543 g/mol. The second-order valence-corrected chi connectivity index (χ2v) is 10.2. The summed E-state index contributed by atoms with van der Waals surface area (Å²) in [7, 11) is 1.58. The van der Waals surface area contributed by atoms with Crippen LogP contribution in [0.15, 0.2) is 54.6 Å². The first-order chi connectivity index (χ1) is 18.3. The minimum absolute atomic E-state index is 0.00817. The second kappa shape index (κ2) is 12.9. The Labute approximate surface area is 228 Å². The van der Waals surface area contributed by atoms with Crippen molar-refractivity contribution in [3.05, 3.63) is 70.7 Å². The topological polar surface area (TPSA) is 104 Å². The lowest BCUT2D eigenvalue weighted by atomic mass is 9.98. The number of hydrogen-bond donors (Lipinski definition) is 3. The Morgan fingerprint density at radius 1 is 1.05 bits per heavy atom. The smallest absolute Gasteiger partial charge is 0.305 e. The minimum Gasteiger partial charge on any atom is -0.494 e. The fourth-order valence-electron chi connectivity index (χ4n) is 5.22.